The van der Waals surface area contributed by atoms with E-state index in [0.717, 1.165) is 6.47 Å². The van der Waals surface area contributed by atoms with Crippen molar-refractivity contribution in [2.24, 2.45) is 0 Å². The van der Waals surface area contributed by atoms with E-state index in [1.807, 2.05) is 0 Å². The molecule has 1 aliphatic heterocycles. The molecule has 0 aromatic rings. The van der Waals surface area contributed by atoms with Crippen LogP contribution in [0.2, 0.25) is 0 Å². The van der Waals surface area contributed by atoms with Gasteiger partial charge in [-0.25, -0.2) is 0 Å². The Hall–Kier alpha value is -0.104. The van der Waals surface area contributed by atoms with Crippen LogP contribution in [-0.2, 0) is 19.2 Å². The van der Waals surface area contributed by atoms with Gasteiger partial charge in [0.05, 0.1) is 0 Å². The fourth-order valence-corrected chi connectivity index (χ4v) is 0.695. The van der Waals surface area contributed by atoms with E-state index < -0.39 is 11.8 Å². The standard InChI is InChI=1S/C5H4NO4.Tb/c7-3-10-6-4(8)1-2-5(6)9;/h1-2H2;/q-1;. The summed E-state index contributed by atoms with van der Waals surface area (Å²) in [4.78, 5) is 34.7. The van der Waals surface area contributed by atoms with Crippen molar-refractivity contribution in [3.8, 4) is 0 Å². The van der Waals surface area contributed by atoms with Crippen LogP contribution in [0.3, 0.4) is 0 Å². The van der Waals surface area contributed by atoms with Crippen LogP contribution >= 0.6 is 0 Å². The zero-order chi connectivity index (χ0) is 7.56. The van der Waals surface area contributed by atoms with Gasteiger partial charge < -0.3 is 9.63 Å². The largest absolute Gasteiger partial charge is 0.536 e. The van der Waals surface area contributed by atoms with Crippen molar-refractivity contribution in [3.63, 3.8) is 0 Å². The molecular weight excluding hydrogens is 297 g/mol. The van der Waals surface area contributed by atoms with E-state index in [1.54, 1.807) is 0 Å². The van der Waals surface area contributed by atoms with E-state index in [-0.39, 0.29) is 51.5 Å². The van der Waals surface area contributed by atoms with E-state index in [0.29, 0.717) is 5.06 Å². The molecule has 6 heteroatoms. The number of hydroxylamine groups is 2. The van der Waals surface area contributed by atoms with Crippen LogP contribution in [0, 0.1) is 38.6 Å². The molecule has 2 amide bonds. The third kappa shape index (κ3) is 2.44. The first kappa shape index (κ1) is 10.9. The van der Waals surface area contributed by atoms with Gasteiger partial charge in [0.25, 0.3) is 11.8 Å². The predicted octanol–water partition coefficient (Wildman–Crippen LogP) is -0.866. The number of amides is 2. The molecule has 1 aliphatic rings. The second kappa shape index (κ2) is 4.71. The van der Waals surface area contributed by atoms with Crippen molar-refractivity contribution in [1.82, 2.24) is 5.06 Å². The molecule has 5 nitrogen and oxygen atoms in total. The summed E-state index contributed by atoms with van der Waals surface area (Å²) >= 11 is 0. The topological polar surface area (TPSA) is 63.7 Å². The van der Waals surface area contributed by atoms with Crippen molar-refractivity contribution >= 4 is 18.3 Å². The smallest absolute Gasteiger partial charge is 0.260 e. The van der Waals surface area contributed by atoms with E-state index in [9.17, 15) is 14.4 Å². The summed E-state index contributed by atoms with van der Waals surface area (Å²) in [6.45, 7) is 1.00. The second-order valence-corrected chi connectivity index (χ2v) is 1.76. The van der Waals surface area contributed by atoms with Crippen molar-refractivity contribution < 1.29 is 57.8 Å². The van der Waals surface area contributed by atoms with Crippen LogP contribution in [0.4, 0.5) is 0 Å². The number of hydrogen-bond acceptors (Lipinski definition) is 4. The number of nitrogens with zero attached hydrogens (tertiary/aromatic N) is 1. The fraction of sp³-hybridized carbons (Fsp3) is 0.400. The molecule has 1 heterocycles. The molecule has 1 saturated heterocycles. The summed E-state index contributed by atoms with van der Waals surface area (Å²) in [6.07, 6.45) is 0.223. The Morgan fingerprint density at radius 3 is 2.09 bits per heavy atom. The first-order chi connectivity index (χ1) is 4.75. The molecule has 1 radical (unpaired) electrons. The predicted molar refractivity (Wildman–Crippen MR) is 27.9 cm³/mol. The minimum Gasteiger partial charge on any atom is -0.536 e. The average Bonchev–Trinajstić information content (AvgIpc) is 2.20. The fourth-order valence-electron chi connectivity index (χ4n) is 0.695. The van der Waals surface area contributed by atoms with Gasteiger partial charge in [-0.3, -0.25) is 9.59 Å². The molecule has 0 N–H and O–H groups in total. The average molecular weight is 301 g/mol. The minimum atomic E-state index is -0.492. The monoisotopic (exact) mass is 301 g/mol. The van der Waals surface area contributed by atoms with Gasteiger partial charge in [-0.05, 0) is 6.47 Å². The van der Waals surface area contributed by atoms with Crippen LogP contribution in [0.25, 0.3) is 0 Å². The number of hydrogen-bond donors (Lipinski definition) is 0. The summed E-state index contributed by atoms with van der Waals surface area (Å²) in [7, 11) is 0. The zero-order valence-electron chi connectivity index (χ0n) is 5.33. The molecule has 0 spiro atoms. The number of imide groups is 1. The number of carbonyl (C=O) groups excluding carboxylic acids is 3. The van der Waals surface area contributed by atoms with E-state index in [2.05, 4.69) is 4.84 Å². The van der Waals surface area contributed by atoms with Gasteiger partial charge in [0.2, 0.25) is 0 Å². The molecule has 11 heavy (non-hydrogen) atoms. The Morgan fingerprint density at radius 2 is 1.73 bits per heavy atom. The Labute approximate surface area is 93.4 Å². The molecule has 0 unspecified atom stereocenters. The van der Waals surface area contributed by atoms with Crippen LogP contribution in [0.5, 0.6) is 0 Å². The second-order valence-electron chi connectivity index (χ2n) is 1.76. The van der Waals surface area contributed by atoms with Gasteiger partial charge in [0, 0.05) is 51.5 Å². The Bertz CT molecular complexity index is 177. The summed E-state index contributed by atoms with van der Waals surface area (Å²) in [5.41, 5.74) is 0. The SMILES string of the molecule is O=[C-]ON1C(=O)CCC1=O.[Tb]. The molecule has 0 saturated carbocycles. The zero-order valence-corrected chi connectivity index (χ0v) is 7.47. The van der Waals surface area contributed by atoms with Gasteiger partial charge in [-0.2, -0.15) is 0 Å². The molecule has 0 aliphatic carbocycles. The van der Waals surface area contributed by atoms with Crippen molar-refractivity contribution in [2.75, 3.05) is 0 Å². The van der Waals surface area contributed by atoms with E-state index in [1.165, 1.54) is 0 Å². The molecule has 0 aromatic heterocycles. The third-order valence-corrected chi connectivity index (χ3v) is 1.13. The first-order valence-corrected chi connectivity index (χ1v) is 2.65. The summed E-state index contributed by atoms with van der Waals surface area (Å²) in [5.74, 6) is -0.985. The summed E-state index contributed by atoms with van der Waals surface area (Å²) in [6, 6.07) is 0. The Morgan fingerprint density at radius 1 is 1.27 bits per heavy atom. The maximum absolute atomic E-state index is 10.6. The van der Waals surface area contributed by atoms with Gasteiger partial charge >= 0.3 is 0 Å². The summed E-state index contributed by atoms with van der Waals surface area (Å²) in [5, 5.41) is 0.424. The molecule has 1 fully saturated rings. The number of carbonyl (C=O) groups is 2. The Kier molecular flexibility index (Phi) is 4.66. The van der Waals surface area contributed by atoms with Crippen molar-refractivity contribution in [1.29, 1.82) is 0 Å². The quantitative estimate of drug-likeness (QED) is 0.491. The van der Waals surface area contributed by atoms with Crippen LogP contribution < -0.4 is 0 Å². The molecule has 1 rings (SSSR count). The molecule has 63 valence electrons. The van der Waals surface area contributed by atoms with Gasteiger partial charge in [0.1, 0.15) is 0 Å². The van der Waals surface area contributed by atoms with Gasteiger partial charge in [-0.1, -0.05) is 0 Å². The molecular formula is C5H4NO4Tb-. The molecule has 0 bridgehead atoms. The van der Waals surface area contributed by atoms with Gasteiger partial charge in [0.15, 0.2) is 0 Å². The van der Waals surface area contributed by atoms with E-state index in [4.69, 9.17) is 0 Å². The normalized spacial score (nSPS) is 16.2. The number of rotatable bonds is 2. The first-order valence-electron chi connectivity index (χ1n) is 2.65. The third-order valence-electron chi connectivity index (χ3n) is 1.13. The summed E-state index contributed by atoms with van der Waals surface area (Å²) < 4.78 is 0. The molecule has 0 atom stereocenters. The molecule has 0 aromatic carbocycles. The van der Waals surface area contributed by atoms with Crippen LogP contribution in [0.1, 0.15) is 12.8 Å². The minimum absolute atomic E-state index is 0. The Balaban J connectivity index is 0.000001000. The van der Waals surface area contributed by atoms with Gasteiger partial charge in [-0.15, -0.1) is 5.06 Å². The van der Waals surface area contributed by atoms with Crippen molar-refractivity contribution in [3.05, 3.63) is 0 Å². The van der Waals surface area contributed by atoms with Crippen molar-refractivity contribution in [2.45, 2.75) is 12.8 Å². The van der Waals surface area contributed by atoms with Crippen LogP contribution in [-0.4, -0.2) is 23.3 Å². The van der Waals surface area contributed by atoms with E-state index >= 15 is 0 Å². The maximum atomic E-state index is 10.6. The maximum Gasteiger partial charge on any atom is 0.260 e. The van der Waals surface area contributed by atoms with Crippen LogP contribution in [0.15, 0.2) is 0 Å².